The fourth-order valence-corrected chi connectivity index (χ4v) is 1.19. The highest BCUT2D eigenvalue weighted by molar-refractivity contribution is 7.32. The molecule has 2 unspecified atom stereocenters. The van der Waals surface area contributed by atoms with E-state index in [0.29, 0.717) is 12.8 Å². The number of allylic oxidation sites excluding steroid dienone is 1. The molecule has 0 aliphatic rings. The summed E-state index contributed by atoms with van der Waals surface area (Å²) in [6, 6.07) is 0. The molecule has 0 radical (unpaired) electrons. The van der Waals surface area contributed by atoms with Gasteiger partial charge in [0.2, 0.25) is 0 Å². The first-order valence-corrected chi connectivity index (χ1v) is 4.71. The molecule has 0 amide bonds. The highest BCUT2D eigenvalue weighted by atomic mass is 31.1. The Balaban J connectivity index is 3.78. The van der Waals surface area contributed by atoms with E-state index in [0.717, 1.165) is 6.42 Å². The van der Waals surface area contributed by atoms with Crippen LogP contribution in [0.25, 0.3) is 0 Å². The zero-order valence-electron chi connectivity index (χ0n) is 6.77. The van der Waals surface area contributed by atoms with Gasteiger partial charge in [0.15, 0.2) is 0 Å². The van der Waals surface area contributed by atoms with Gasteiger partial charge >= 0.3 is 8.25 Å². The highest BCUT2D eigenvalue weighted by Crippen LogP contribution is 2.22. The van der Waals surface area contributed by atoms with Crippen LogP contribution in [0.5, 0.6) is 0 Å². The minimum absolute atomic E-state index is 0.332. The molecule has 12 heavy (non-hydrogen) atoms. The van der Waals surface area contributed by atoms with Crippen LogP contribution in [-0.4, -0.2) is 11.0 Å². The second-order valence-corrected chi connectivity index (χ2v) is 2.93. The molecule has 4 heteroatoms. The molecule has 0 rings (SSSR count). The molecule has 0 saturated carbocycles. The molecule has 2 atom stereocenters. The largest absolute Gasteiger partial charge is 0.695 e. The van der Waals surface area contributed by atoms with Gasteiger partial charge in [-0.3, -0.25) is 0 Å². The Morgan fingerprint density at radius 3 is 2.92 bits per heavy atom. The Bertz CT molecular complexity index is 195. The van der Waals surface area contributed by atoms with E-state index >= 15 is 0 Å². The minimum Gasteiger partial charge on any atom is -0.133 e. The van der Waals surface area contributed by atoms with Crippen molar-refractivity contribution in [3.8, 4) is 12.3 Å². The van der Waals surface area contributed by atoms with Crippen LogP contribution < -0.4 is 0 Å². The molecule has 0 aromatic rings. The van der Waals surface area contributed by atoms with Crippen LogP contribution in [0.15, 0.2) is 12.7 Å². The number of hydrogen-bond donors (Lipinski definition) is 1. The van der Waals surface area contributed by atoms with Crippen molar-refractivity contribution in [2.45, 2.75) is 25.4 Å². The maximum absolute atomic E-state index is 10.3. The van der Waals surface area contributed by atoms with Gasteiger partial charge < -0.3 is 0 Å². The first kappa shape index (κ1) is 11.3. The van der Waals surface area contributed by atoms with Gasteiger partial charge in [-0.1, -0.05) is 6.08 Å². The fourth-order valence-electron chi connectivity index (χ4n) is 0.755. The van der Waals surface area contributed by atoms with Crippen LogP contribution in [0.2, 0.25) is 0 Å². The number of rotatable bonds is 6. The van der Waals surface area contributed by atoms with E-state index in [-0.39, 0.29) is 6.10 Å². The summed E-state index contributed by atoms with van der Waals surface area (Å²) in [6.07, 6.45) is 8.15. The second-order valence-electron chi connectivity index (χ2n) is 2.24. The standard InChI is InChI=1S/C8H11O3P/c1-3-5-7-8(6-4-2)11-12(9)10/h2-3,8H,1,5-7H2/p+1. The molecule has 0 fully saturated rings. The molecule has 0 saturated heterocycles. The Kier molecular flexibility index (Phi) is 6.60. The summed E-state index contributed by atoms with van der Waals surface area (Å²) in [5, 5.41) is 0. The quantitative estimate of drug-likeness (QED) is 0.393. The molecule has 0 heterocycles. The van der Waals surface area contributed by atoms with Crippen LogP contribution >= 0.6 is 8.25 Å². The van der Waals surface area contributed by atoms with Crippen LogP contribution in [0.4, 0.5) is 0 Å². The van der Waals surface area contributed by atoms with Crippen LogP contribution in [0, 0.1) is 12.3 Å². The van der Waals surface area contributed by atoms with E-state index in [2.05, 4.69) is 17.0 Å². The van der Waals surface area contributed by atoms with Crippen LogP contribution in [-0.2, 0) is 9.09 Å². The average molecular weight is 187 g/mol. The molecular weight excluding hydrogens is 175 g/mol. The lowest BCUT2D eigenvalue weighted by molar-refractivity contribution is 0.185. The van der Waals surface area contributed by atoms with Crippen LogP contribution in [0.1, 0.15) is 19.3 Å². The van der Waals surface area contributed by atoms with E-state index in [9.17, 15) is 4.57 Å². The van der Waals surface area contributed by atoms with Crippen molar-refractivity contribution in [1.29, 1.82) is 0 Å². The normalized spacial score (nSPS) is 13.2. The smallest absolute Gasteiger partial charge is 0.133 e. The minimum atomic E-state index is -2.55. The molecule has 3 nitrogen and oxygen atoms in total. The van der Waals surface area contributed by atoms with E-state index < -0.39 is 8.25 Å². The van der Waals surface area contributed by atoms with Crippen molar-refractivity contribution in [2.75, 3.05) is 0 Å². The third-order valence-corrected chi connectivity index (χ3v) is 1.76. The summed E-state index contributed by atoms with van der Waals surface area (Å²) in [5.41, 5.74) is 0. The zero-order chi connectivity index (χ0) is 9.40. The molecule has 0 aliphatic heterocycles. The van der Waals surface area contributed by atoms with E-state index in [4.69, 9.17) is 11.3 Å². The summed E-state index contributed by atoms with van der Waals surface area (Å²) in [6.45, 7) is 3.53. The Hall–Kier alpha value is -0.680. The maximum atomic E-state index is 10.3. The lowest BCUT2D eigenvalue weighted by atomic mass is 10.1. The van der Waals surface area contributed by atoms with Crippen molar-refractivity contribution >= 4 is 8.25 Å². The average Bonchev–Trinajstić information content (AvgIpc) is 2.00. The third kappa shape index (κ3) is 6.06. The summed E-state index contributed by atoms with van der Waals surface area (Å²) >= 11 is 0. The predicted molar refractivity (Wildman–Crippen MR) is 47.6 cm³/mol. The second kappa shape index (κ2) is 7.00. The van der Waals surface area contributed by atoms with Gasteiger partial charge in [-0.25, -0.2) is 0 Å². The molecule has 0 bridgehead atoms. The maximum Gasteiger partial charge on any atom is 0.695 e. The number of hydrogen-bond acceptors (Lipinski definition) is 2. The van der Waals surface area contributed by atoms with Gasteiger partial charge in [-0.15, -0.1) is 28.3 Å². The Morgan fingerprint density at radius 1 is 1.83 bits per heavy atom. The van der Waals surface area contributed by atoms with Gasteiger partial charge in [-0.05, 0) is 12.8 Å². The molecule has 0 aromatic heterocycles. The molecule has 66 valence electrons. The van der Waals surface area contributed by atoms with Crippen molar-refractivity contribution < 1.29 is 14.0 Å². The van der Waals surface area contributed by atoms with Crippen LogP contribution in [0.3, 0.4) is 0 Å². The summed E-state index contributed by atoms with van der Waals surface area (Å²) in [5.74, 6) is 2.38. The van der Waals surface area contributed by atoms with Gasteiger partial charge in [0.25, 0.3) is 0 Å². The fraction of sp³-hybridized carbons (Fsp3) is 0.500. The van der Waals surface area contributed by atoms with Gasteiger partial charge in [-0.2, -0.15) is 0 Å². The summed E-state index contributed by atoms with van der Waals surface area (Å²) in [4.78, 5) is 8.44. The molecule has 1 N–H and O–H groups in total. The van der Waals surface area contributed by atoms with Gasteiger partial charge in [0.05, 0.1) is 0 Å². The lowest BCUT2D eigenvalue weighted by Gasteiger charge is -2.03. The first-order valence-electron chi connectivity index (χ1n) is 3.58. The first-order chi connectivity index (χ1) is 5.70. The number of terminal acetylenes is 1. The van der Waals surface area contributed by atoms with Crippen molar-refractivity contribution in [1.82, 2.24) is 0 Å². The summed E-state index contributed by atoms with van der Waals surface area (Å²) in [7, 11) is -2.55. The Morgan fingerprint density at radius 2 is 2.50 bits per heavy atom. The lowest BCUT2D eigenvalue weighted by Crippen LogP contribution is -2.07. The van der Waals surface area contributed by atoms with Gasteiger partial charge in [0, 0.05) is 11.0 Å². The Labute approximate surface area is 73.4 Å². The van der Waals surface area contributed by atoms with E-state index in [1.54, 1.807) is 6.08 Å². The summed E-state index contributed by atoms with van der Waals surface area (Å²) < 4.78 is 14.9. The predicted octanol–water partition coefficient (Wildman–Crippen LogP) is 2.01. The highest BCUT2D eigenvalue weighted by Gasteiger charge is 2.21. The molecule has 0 aromatic carbocycles. The molecule has 0 spiro atoms. The molecule has 0 aliphatic carbocycles. The van der Waals surface area contributed by atoms with Crippen molar-refractivity contribution in [3.05, 3.63) is 12.7 Å². The third-order valence-electron chi connectivity index (χ3n) is 1.28. The van der Waals surface area contributed by atoms with E-state index in [1.807, 2.05) is 0 Å². The SMILES string of the molecule is C#CCC(CCC=C)O[P+](=O)O. The molecular formula is C8H12O3P+. The van der Waals surface area contributed by atoms with Gasteiger partial charge in [0.1, 0.15) is 6.10 Å². The topological polar surface area (TPSA) is 46.5 Å². The monoisotopic (exact) mass is 187 g/mol. The van der Waals surface area contributed by atoms with Crippen molar-refractivity contribution in [3.63, 3.8) is 0 Å². The zero-order valence-corrected chi connectivity index (χ0v) is 7.67. The van der Waals surface area contributed by atoms with E-state index in [1.165, 1.54) is 0 Å². The van der Waals surface area contributed by atoms with Crippen molar-refractivity contribution in [2.24, 2.45) is 0 Å².